The van der Waals surface area contributed by atoms with E-state index in [1.807, 2.05) is 42.1 Å². The molecule has 1 amide bonds. The maximum atomic E-state index is 11.8. The summed E-state index contributed by atoms with van der Waals surface area (Å²) in [5.74, 6) is 0.674. The highest BCUT2D eigenvalue weighted by atomic mass is 16.5. The molecule has 0 bridgehead atoms. The second-order valence-corrected chi connectivity index (χ2v) is 5.70. The summed E-state index contributed by atoms with van der Waals surface area (Å²) in [4.78, 5) is 11.8. The van der Waals surface area contributed by atoms with Crippen molar-refractivity contribution in [2.45, 2.75) is 39.0 Å². The Kier molecular flexibility index (Phi) is 4.62. The topological polar surface area (TPSA) is 68.2 Å². The molecule has 0 saturated heterocycles. The number of ether oxygens (including phenoxy) is 1. The van der Waals surface area contributed by atoms with Crippen LogP contribution in [0.1, 0.15) is 31.9 Å². The lowest BCUT2D eigenvalue weighted by Gasteiger charge is -2.26. The molecule has 1 aliphatic rings. The first-order valence-corrected chi connectivity index (χ1v) is 7.99. The van der Waals surface area contributed by atoms with Gasteiger partial charge in [0.05, 0.1) is 12.2 Å². The van der Waals surface area contributed by atoms with Crippen LogP contribution in [0, 0.1) is 0 Å². The second kappa shape index (κ2) is 6.83. The zero-order chi connectivity index (χ0) is 16.2. The summed E-state index contributed by atoms with van der Waals surface area (Å²) in [6, 6.07) is 8.03. The molecule has 0 fully saturated rings. The zero-order valence-corrected chi connectivity index (χ0v) is 13.5. The molecule has 23 heavy (non-hydrogen) atoms. The fourth-order valence-corrected chi connectivity index (χ4v) is 2.64. The molecule has 6 nitrogen and oxygen atoms in total. The number of benzene rings is 1. The van der Waals surface area contributed by atoms with E-state index in [1.54, 1.807) is 6.20 Å². The van der Waals surface area contributed by atoms with Crippen LogP contribution < -0.4 is 15.4 Å². The number of hydrogen-bond donors (Lipinski definition) is 2. The fourth-order valence-electron chi connectivity index (χ4n) is 2.64. The number of aromatic nitrogens is 2. The SMILES string of the molecule is CC[C@@H]1Oc2cc([C@@H](C)NCCn3cccn3)ccc2NC1=O. The van der Waals surface area contributed by atoms with Gasteiger partial charge >= 0.3 is 0 Å². The van der Waals surface area contributed by atoms with E-state index in [-0.39, 0.29) is 11.9 Å². The summed E-state index contributed by atoms with van der Waals surface area (Å²) in [6.45, 7) is 5.71. The van der Waals surface area contributed by atoms with Crippen LogP contribution in [0.15, 0.2) is 36.7 Å². The van der Waals surface area contributed by atoms with Crippen LogP contribution in [0.2, 0.25) is 0 Å². The van der Waals surface area contributed by atoms with E-state index in [9.17, 15) is 4.79 Å². The Morgan fingerprint density at radius 3 is 3.09 bits per heavy atom. The Morgan fingerprint density at radius 1 is 1.48 bits per heavy atom. The first kappa shape index (κ1) is 15.6. The Labute approximate surface area is 135 Å². The highest BCUT2D eigenvalue weighted by Crippen LogP contribution is 2.32. The number of carbonyl (C=O) groups excluding carboxylic acids is 1. The van der Waals surface area contributed by atoms with E-state index in [0.717, 1.165) is 30.1 Å². The minimum atomic E-state index is -0.402. The lowest BCUT2D eigenvalue weighted by atomic mass is 10.1. The standard InChI is InChI=1S/C17H22N4O2/c1-3-15-17(22)20-14-6-5-13(11-16(14)23-15)12(2)18-8-10-21-9-4-7-19-21/h4-7,9,11-12,15,18H,3,8,10H2,1-2H3,(H,20,22)/t12-,15+/m1/s1. The molecule has 0 radical (unpaired) electrons. The maximum absolute atomic E-state index is 11.8. The molecule has 0 unspecified atom stereocenters. The van der Waals surface area contributed by atoms with Gasteiger partial charge in [0.2, 0.25) is 0 Å². The van der Waals surface area contributed by atoms with Crippen LogP contribution in [0.3, 0.4) is 0 Å². The van der Waals surface area contributed by atoms with Gasteiger partial charge in [-0.25, -0.2) is 0 Å². The van der Waals surface area contributed by atoms with Gasteiger partial charge in [-0.1, -0.05) is 13.0 Å². The van der Waals surface area contributed by atoms with Crippen molar-refractivity contribution in [1.29, 1.82) is 0 Å². The van der Waals surface area contributed by atoms with Crippen molar-refractivity contribution >= 4 is 11.6 Å². The summed E-state index contributed by atoms with van der Waals surface area (Å²) in [6.07, 6.45) is 3.99. The Hall–Kier alpha value is -2.34. The normalized spacial score (nSPS) is 18.0. The molecule has 0 aliphatic carbocycles. The number of anilines is 1. The summed E-state index contributed by atoms with van der Waals surface area (Å²) in [5, 5.41) is 10.6. The van der Waals surface area contributed by atoms with E-state index in [0.29, 0.717) is 6.42 Å². The molecule has 0 saturated carbocycles. The van der Waals surface area contributed by atoms with Crippen molar-refractivity contribution in [2.75, 3.05) is 11.9 Å². The highest BCUT2D eigenvalue weighted by Gasteiger charge is 2.26. The molecular formula is C17H22N4O2. The van der Waals surface area contributed by atoms with Gasteiger partial charge in [-0.05, 0) is 37.1 Å². The van der Waals surface area contributed by atoms with Gasteiger partial charge < -0.3 is 15.4 Å². The lowest BCUT2D eigenvalue weighted by Crippen LogP contribution is -2.36. The van der Waals surface area contributed by atoms with Gasteiger partial charge in [-0.3, -0.25) is 9.48 Å². The predicted molar refractivity (Wildman–Crippen MR) is 88.4 cm³/mol. The average molecular weight is 314 g/mol. The molecule has 2 heterocycles. The fraction of sp³-hybridized carbons (Fsp3) is 0.412. The minimum Gasteiger partial charge on any atom is -0.478 e. The van der Waals surface area contributed by atoms with E-state index < -0.39 is 6.10 Å². The van der Waals surface area contributed by atoms with Crippen LogP contribution in [-0.2, 0) is 11.3 Å². The first-order valence-electron chi connectivity index (χ1n) is 7.99. The molecule has 122 valence electrons. The Bertz CT molecular complexity index is 669. The van der Waals surface area contributed by atoms with Crippen LogP contribution in [0.25, 0.3) is 0 Å². The molecule has 1 aromatic heterocycles. The highest BCUT2D eigenvalue weighted by molar-refractivity contribution is 5.97. The van der Waals surface area contributed by atoms with Crippen LogP contribution in [0.5, 0.6) is 5.75 Å². The van der Waals surface area contributed by atoms with Crippen LogP contribution >= 0.6 is 0 Å². The van der Waals surface area contributed by atoms with Gasteiger partial charge in [0.25, 0.3) is 5.91 Å². The first-order chi connectivity index (χ1) is 11.2. The van der Waals surface area contributed by atoms with Gasteiger partial charge in [0.1, 0.15) is 5.75 Å². The average Bonchev–Trinajstić information content (AvgIpc) is 3.07. The number of hydrogen-bond acceptors (Lipinski definition) is 4. The molecule has 3 rings (SSSR count). The van der Waals surface area contributed by atoms with Gasteiger partial charge in [0.15, 0.2) is 6.10 Å². The minimum absolute atomic E-state index is 0.0712. The van der Waals surface area contributed by atoms with Crippen molar-refractivity contribution < 1.29 is 9.53 Å². The summed E-state index contributed by atoms with van der Waals surface area (Å²) >= 11 is 0. The molecule has 1 aromatic carbocycles. The molecular weight excluding hydrogens is 292 g/mol. The number of nitrogens with zero attached hydrogens (tertiary/aromatic N) is 2. The predicted octanol–water partition coefficient (Wildman–Crippen LogP) is 2.34. The van der Waals surface area contributed by atoms with E-state index in [4.69, 9.17) is 4.74 Å². The third-order valence-corrected chi connectivity index (χ3v) is 4.05. The molecule has 2 aromatic rings. The summed E-state index contributed by atoms with van der Waals surface area (Å²) in [7, 11) is 0. The van der Waals surface area contributed by atoms with Crippen molar-refractivity contribution in [2.24, 2.45) is 0 Å². The lowest BCUT2D eigenvalue weighted by molar-refractivity contribution is -0.123. The number of amides is 1. The second-order valence-electron chi connectivity index (χ2n) is 5.70. The number of rotatable bonds is 6. The molecule has 0 spiro atoms. The quantitative estimate of drug-likeness (QED) is 0.859. The molecule has 2 atom stereocenters. The van der Waals surface area contributed by atoms with E-state index in [2.05, 4.69) is 22.7 Å². The largest absolute Gasteiger partial charge is 0.478 e. The van der Waals surface area contributed by atoms with Crippen molar-refractivity contribution in [3.63, 3.8) is 0 Å². The smallest absolute Gasteiger partial charge is 0.265 e. The molecule has 2 N–H and O–H groups in total. The number of nitrogens with one attached hydrogen (secondary N) is 2. The van der Waals surface area contributed by atoms with Gasteiger partial charge in [0, 0.05) is 25.0 Å². The van der Waals surface area contributed by atoms with Gasteiger partial charge in [-0.15, -0.1) is 0 Å². The van der Waals surface area contributed by atoms with E-state index in [1.165, 1.54) is 0 Å². The Balaban J connectivity index is 1.63. The Morgan fingerprint density at radius 2 is 2.35 bits per heavy atom. The van der Waals surface area contributed by atoms with Crippen molar-refractivity contribution in [3.05, 3.63) is 42.2 Å². The maximum Gasteiger partial charge on any atom is 0.265 e. The third kappa shape index (κ3) is 3.53. The monoisotopic (exact) mass is 314 g/mol. The number of carbonyl (C=O) groups is 1. The summed E-state index contributed by atoms with van der Waals surface area (Å²) < 4.78 is 7.69. The van der Waals surface area contributed by atoms with Crippen LogP contribution in [0.4, 0.5) is 5.69 Å². The summed E-state index contributed by atoms with van der Waals surface area (Å²) in [5.41, 5.74) is 1.88. The molecule has 6 heteroatoms. The zero-order valence-electron chi connectivity index (χ0n) is 13.5. The van der Waals surface area contributed by atoms with Crippen LogP contribution in [-0.4, -0.2) is 28.3 Å². The third-order valence-electron chi connectivity index (χ3n) is 4.05. The number of fused-ring (bicyclic) bond motifs is 1. The van der Waals surface area contributed by atoms with E-state index >= 15 is 0 Å². The van der Waals surface area contributed by atoms with Gasteiger partial charge in [-0.2, -0.15) is 5.10 Å². The van der Waals surface area contributed by atoms with Crippen molar-refractivity contribution in [3.8, 4) is 5.75 Å². The van der Waals surface area contributed by atoms with Crippen molar-refractivity contribution in [1.82, 2.24) is 15.1 Å². The molecule has 1 aliphatic heterocycles.